The Morgan fingerprint density at radius 2 is 1.91 bits per heavy atom. The van der Waals surface area contributed by atoms with Crippen molar-refractivity contribution in [2.45, 2.75) is 12.2 Å². The fraction of sp³-hybridized carbons (Fsp3) is 0.278. The number of halogens is 3. The number of anilines is 1. The van der Waals surface area contributed by atoms with E-state index in [-0.39, 0.29) is 23.0 Å². The van der Waals surface area contributed by atoms with Crippen LogP contribution in [-0.4, -0.2) is 56.0 Å². The highest BCUT2D eigenvalue weighted by molar-refractivity contribution is 7.90. The molecule has 2 aliphatic heterocycles. The molecule has 0 saturated carbocycles. The summed E-state index contributed by atoms with van der Waals surface area (Å²) in [7, 11) is -3.72. The molecule has 3 heterocycles. The van der Waals surface area contributed by atoms with Gasteiger partial charge in [-0.05, 0) is 17.7 Å². The van der Waals surface area contributed by atoms with Crippen molar-refractivity contribution in [3.63, 3.8) is 0 Å². The summed E-state index contributed by atoms with van der Waals surface area (Å²) in [6.45, 7) is -0.0589. The van der Waals surface area contributed by atoms with Gasteiger partial charge in [-0.25, -0.2) is 8.42 Å². The van der Waals surface area contributed by atoms with Gasteiger partial charge in [0.15, 0.2) is 11.5 Å². The maximum absolute atomic E-state index is 13.1. The predicted molar refractivity (Wildman–Crippen MR) is 105 cm³/mol. The highest BCUT2D eigenvalue weighted by atomic mass is 32.2. The van der Waals surface area contributed by atoms with Gasteiger partial charge in [0, 0.05) is 11.6 Å². The third-order valence-electron chi connectivity index (χ3n) is 4.70. The number of sulfone groups is 1. The molecule has 1 atom stereocenters. The lowest BCUT2D eigenvalue weighted by Crippen LogP contribution is -2.38. The van der Waals surface area contributed by atoms with E-state index in [1.165, 1.54) is 18.2 Å². The van der Waals surface area contributed by atoms with Crippen LogP contribution >= 0.6 is 11.3 Å². The van der Waals surface area contributed by atoms with Crippen LogP contribution in [0.3, 0.4) is 0 Å². The van der Waals surface area contributed by atoms with Crippen molar-refractivity contribution in [3.05, 3.63) is 39.6 Å². The van der Waals surface area contributed by atoms with Crippen LogP contribution in [-0.2, 0) is 14.6 Å². The molecular weight excluding hydrogens is 477 g/mol. The Hall–Kier alpha value is -3.13. The zero-order valence-electron chi connectivity index (χ0n) is 16.1. The summed E-state index contributed by atoms with van der Waals surface area (Å²) in [6, 6.07) is 3.09. The minimum absolute atomic E-state index is 0.0589. The fourth-order valence-electron chi connectivity index (χ4n) is 3.34. The Kier molecular flexibility index (Phi) is 5.16. The van der Waals surface area contributed by atoms with Crippen LogP contribution in [0.15, 0.2) is 23.6 Å². The van der Waals surface area contributed by atoms with Crippen molar-refractivity contribution >= 4 is 44.6 Å². The van der Waals surface area contributed by atoms with E-state index in [4.69, 9.17) is 9.47 Å². The summed E-state index contributed by atoms with van der Waals surface area (Å²) in [6.07, 6.45) is -4.28. The van der Waals surface area contributed by atoms with Gasteiger partial charge >= 0.3 is 12.1 Å². The van der Waals surface area contributed by atoms with Crippen LogP contribution in [0.2, 0.25) is 0 Å². The molecule has 2 aliphatic rings. The van der Waals surface area contributed by atoms with Crippen LogP contribution in [0.4, 0.5) is 18.9 Å². The largest absolute Gasteiger partial charge is 0.471 e. The fourth-order valence-corrected chi connectivity index (χ4v) is 5.19. The van der Waals surface area contributed by atoms with E-state index in [9.17, 15) is 36.0 Å². The van der Waals surface area contributed by atoms with Crippen molar-refractivity contribution in [2.24, 2.45) is 0 Å². The van der Waals surface area contributed by atoms with E-state index in [1.54, 1.807) is 5.32 Å². The first kappa shape index (κ1) is 22.1. The molecule has 1 N–H and O–H groups in total. The van der Waals surface area contributed by atoms with E-state index >= 15 is 0 Å². The number of thiophene rings is 1. The number of nitrogens with one attached hydrogen (secondary N) is 1. The summed E-state index contributed by atoms with van der Waals surface area (Å²) < 4.78 is 72.5. The lowest BCUT2D eigenvalue weighted by molar-refractivity contribution is -0.167. The average molecular weight is 490 g/mol. The first-order valence-corrected chi connectivity index (χ1v) is 11.8. The number of alkyl halides is 3. The van der Waals surface area contributed by atoms with Gasteiger partial charge in [0.2, 0.25) is 6.79 Å². The molecule has 32 heavy (non-hydrogen) atoms. The summed E-state index contributed by atoms with van der Waals surface area (Å²) in [4.78, 5) is 37.8. The molecule has 4 rings (SSSR count). The topological polar surface area (TPSA) is 119 Å². The number of benzene rings is 1. The first-order valence-electron chi connectivity index (χ1n) is 8.81. The number of carbonyl (C=O) groups is 3. The Morgan fingerprint density at radius 1 is 1.22 bits per heavy atom. The second-order valence-electron chi connectivity index (χ2n) is 7.01. The molecule has 1 unspecified atom stereocenters. The lowest BCUT2D eigenvalue weighted by Gasteiger charge is -2.26. The molecule has 9 nitrogen and oxygen atoms in total. The van der Waals surface area contributed by atoms with Crippen molar-refractivity contribution in [3.8, 4) is 11.5 Å². The maximum atomic E-state index is 13.1. The number of amides is 3. The van der Waals surface area contributed by atoms with E-state index in [2.05, 4.69) is 0 Å². The third-order valence-corrected chi connectivity index (χ3v) is 6.59. The van der Waals surface area contributed by atoms with E-state index < -0.39 is 56.8 Å². The van der Waals surface area contributed by atoms with Crippen LogP contribution in [0.25, 0.3) is 0 Å². The average Bonchev–Trinajstić information content (AvgIpc) is 3.36. The summed E-state index contributed by atoms with van der Waals surface area (Å²) in [5, 5.41) is 2.64. The van der Waals surface area contributed by atoms with Gasteiger partial charge in [0.25, 0.3) is 11.8 Å². The third kappa shape index (κ3) is 3.90. The molecule has 0 bridgehead atoms. The van der Waals surface area contributed by atoms with Crippen molar-refractivity contribution in [1.82, 2.24) is 4.90 Å². The molecular formula is C18H13F3N2O7S2. The smallest absolute Gasteiger partial charge is 0.454 e. The molecule has 1 aromatic carbocycles. The Labute approximate surface area is 182 Å². The molecule has 14 heteroatoms. The van der Waals surface area contributed by atoms with Gasteiger partial charge in [-0.1, -0.05) is 6.07 Å². The number of ether oxygens (including phenoxy) is 2. The number of fused-ring (bicyclic) bond motifs is 2. The molecule has 2 aromatic rings. The summed E-state index contributed by atoms with van der Waals surface area (Å²) in [5.41, 5.74) is -0.647. The Balaban J connectivity index is 1.73. The molecule has 0 radical (unpaired) electrons. The zero-order valence-corrected chi connectivity index (χ0v) is 17.7. The van der Waals surface area contributed by atoms with Crippen LogP contribution < -0.4 is 14.8 Å². The van der Waals surface area contributed by atoms with Crippen molar-refractivity contribution in [2.75, 3.05) is 24.1 Å². The minimum atomic E-state index is -5.20. The van der Waals surface area contributed by atoms with Gasteiger partial charge in [0.1, 0.15) is 14.7 Å². The Morgan fingerprint density at radius 3 is 2.56 bits per heavy atom. The van der Waals surface area contributed by atoms with Crippen LogP contribution in [0.1, 0.15) is 31.6 Å². The number of rotatable bonds is 5. The molecule has 3 amide bonds. The van der Waals surface area contributed by atoms with E-state index in [0.29, 0.717) is 22.0 Å². The summed E-state index contributed by atoms with van der Waals surface area (Å²) in [5.74, 6) is -4.16. The molecule has 170 valence electrons. The van der Waals surface area contributed by atoms with Gasteiger partial charge in [-0.2, -0.15) is 13.2 Å². The van der Waals surface area contributed by atoms with Crippen molar-refractivity contribution < 1.29 is 45.4 Å². The maximum Gasteiger partial charge on any atom is 0.471 e. The number of carbonyl (C=O) groups excluding carboxylic acids is 3. The zero-order chi connectivity index (χ0) is 23.4. The van der Waals surface area contributed by atoms with E-state index in [1.807, 2.05) is 0 Å². The quantitative estimate of drug-likeness (QED) is 0.639. The second kappa shape index (κ2) is 7.48. The number of imide groups is 1. The number of hydrogen-bond donors (Lipinski definition) is 1. The van der Waals surface area contributed by atoms with Crippen LogP contribution in [0.5, 0.6) is 11.5 Å². The van der Waals surface area contributed by atoms with Gasteiger partial charge in [0.05, 0.1) is 23.0 Å². The highest BCUT2D eigenvalue weighted by Crippen LogP contribution is 2.42. The minimum Gasteiger partial charge on any atom is -0.454 e. The normalized spacial score (nSPS) is 16.3. The van der Waals surface area contributed by atoms with Gasteiger partial charge in [-0.15, -0.1) is 11.3 Å². The monoisotopic (exact) mass is 490 g/mol. The van der Waals surface area contributed by atoms with Crippen molar-refractivity contribution in [1.29, 1.82) is 0 Å². The molecule has 0 saturated heterocycles. The molecule has 0 spiro atoms. The molecule has 1 aromatic heterocycles. The predicted octanol–water partition coefficient (Wildman–Crippen LogP) is 2.36. The first-order chi connectivity index (χ1) is 14.9. The standard InChI is InChI=1S/C18H13F3N2O7S2/c1-32(27,28)6-10(8-2-3-11-12(4-8)30-7-29-11)23-15(24)13-9(5-31-14(13)16(23)25)22-17(26)18(19,20)21/h2-5,10H,6-7H2,1H3,(H,22,26). The summed E-state index contributed by atoms with van der Waals surface area (Å²) >= 11 is 0.669. The Bertz CT molecular complexity index is 1250. The van der Waals surface area contributed by atoms with Gasteiger partial charge < -0.3 is 14.8 Å². The van der Waals surface area contributed by atoms with Gasteiger partial charge in [-0.3, -0.25) is 19.3 Å². The SMILES string of the molecule is CS(=O)(=O)CC(c1ccc2c(c1)OCO2)N1C(=O)c2scc(NC(=O)C(F)(F)F)c2C1=O. The second-order valence-corrected chi connectivity index (χ2v) is 10.1. The van der Waals surface area contributed by atoms with E-state index in [0.717, 1.165) is 11.6 Å². The van der Waals surface area contributed by atoms with Crippen LogP contribution in [0, 0.1) is 0 Å². The molecule has 0 fully saturated rings. The highest BCUT2D eigenvalue weighted by Gasteiger charge is 2.46. The number of nitrogens with zero attached hydrogens (tertiary/aromatic N) is 1. The molecule has 0 aliphatic carbocycles. The lowest BCUT2D eigenvalue weighted by atomic mass is 10.1. The number of hydrogen-bond acceptors (Lipinski definition) is 8.